The normalized spacial score (nSPS) is 20.2. The van der Waals surface area contributed by atoms with E-state index >= 15 is 0 Å². The molecule has 0 saturated carbocycles. The smallest absolute Gasteiger partial charge is 0.306 e. The molecule has 0 bridgehead atoms. The molecule has 0 amide bonds. The minimum absolute atomic E-state index is 0. The molecule has 0 radical (unpaired) electrons. The number of nitrogens with zero attached hydrogens (tertiary/aromatic N) is 1. The van der Waals surface area contributed by atoms with Crippen molar-refractivity contribution in [2.75, 3.05) is 0 Å². The number of hydrogen-bond donors (Lipinski definition) is 2. The van der Waals surface area contributed by atoms with E-state index in [0.717, 1.165) is 18.5 Å². The molecule has 4 nitrogen and oxygen atoms in total. The number of carboxylic acids is 1. The number of nitrogens with one attached hydrogen (secondary N) is 1. The van der Waals surface area contributed by atoms with Gasteiger partial charge < -0.3 is 5.11 Å². The lowest BCUT2D eigenvalue weighted by atomic mass is 9.88. The number of aromatic nitrogens is 2. The fraction of sp³-hybridized carbons (Fsp3) is 0.500. The van der Waals surface area contributed by atoms with Crippen molar-refractivity contribution in [2.24, 2.45) is 5.92 Å². The second-order valence-corrected chi connectivity index (χ2v) is 3.15. The van der Waals surface area contributed by atoms with E-state index in [1.165, 1.54) is 5.56 Å². The zero-order valence-corrected chi connectivity index (χ0v) is 7.80. The van der Waals surface area contributed by atoms with Crippen molar-refractivity contribution in [1.82, 2.24) is 10.2 Å². The molecular weight excluding hydrogens is 192 g/mol. The molecule has 0 spiro atoms. The fourth-order valence-corrected chi connectivity index (χ4v) is 1.62. The number of rotatable bonds is 1. The van der Waals surface area contributed by atoms with Crippen LogP contribution in [0.4, 0.5) is 0 Å². The summed E-state index contributed by atoms with van der Waals surface area (Å²) in [5.74, 6) is -0.923. The van der Waals surface area contributed by atoms with Gasteiger partial charge in [-0.05, 0) is 18.4 Å². The maximum absolute atomic E-state index is 10.7. The quantitative estimate of drug-likeness (QED) is 0.715. The molecule has 1 aliphatic carbocycles. The van der Waals surface area contributed by atoms with Crippen molar-refractivity contribution in [1.29, 1.82) is 0 Å². The zero-order valence-electron chi connectivity index (χ0n) is 6.99. The minimum atomic E-state index is -0.699. The molecule has 0 aliphatic heterocycles. The summed E-state index contributed by atoms with van der Waals surface area (Å²) in [4.78, 5) is 10.7. The van der Waals surface area contributed by atoms with Crippen molar-refractivity contribution < 1.29 is 9.90 Å². The Bertz CT molecular complexity index is 311. The van der Waals surface area contributed by atoms with E-state index in [2.05, 4.69) is 10.2 Å². The molecule has 0 fully saturated rings. The Balaban J connectivity index is 0.000000845. The summed E-state index contributed by atoms with van der Waals surface area (Å²) in [6, 6.07) is 0. The van der Waals surface area contributed by atoms with Gasteiger partial charge in [0.25, 0.3) is 0 Å². The van der Waals surface area contributed by atoms with Crippen LogP contribution in [-0.4, -0.2) is 21.3 Å². The number of carboxylic acid groups (broad SMARTS) is 1. The first-order valence-corrected chi connectivity index (χ1v) is 4.01. The van der Waals surface area contributed by atoms with Crippen LogP contribution in [-0.2, 0) is 17.6 Å². The second kappa shape index (κ2) is 3.79. The Morgan fingerprint density at radius 3 is 3.15 bits per heavy atom. The Morgan fingerprint density at radius 1 is 1.69 bits per heavy atom. The fourth-order valence-electron chi connectivity index (χ4n) is 1.62. The Morgan fingerprint density at radius 2 is 2.46 bits per heavy atom. The summed E-state index contributed by atoms with van der Waals surface area (Å²) in [6.07, 6.45) is 3.96. The lowest BCUT2D eigenvalue weighted by Gasteiger charge is -2.16. The highest BCUT2D eigenvalue weighted by molar-refractivity contribution is 5.85. The molecule has 1 aromatic rings. The highest BCUT2D eigenvalue weighted by Gasteiger charge is 2.24. The number of aliphatic carboxylic acids is 1. The molecule has 1 atom stereocenters. The number of fused-ring (bicyclic) bond motifs is 1. The van der Waals surface area contributed by atoms with Crippen LogP contribution in [0.2, 0.25) is 0 Å². The van der Waals surface area contributed by atoms with E-state index in [0.29, 0.717) is 6.42 Å². The predicted molar refractivity (Wildman–Crippen MR) is 49.0 cm³/mol. The van der Waals surface area contributed by atoms with E-state index < -0.39 is 5.97 Å². The van der Waals surface area contributed by atoms with Gasteiger partial charge in [0.15, 0.2) is 0 Å². The summed E-state index contributed by atoms with van der Waals surface area (Å²) >= 11 is 0. The average Bonchev–Trinajstić information content (AvgIpc) is 2.49. The van der Waals surface area contributed by atoms with Crippen LogP contribution >= 0.6 is 12.4 Å². The zero-order chi connectivity index (χ0) is 8.55. The molecule has 0 saturated heterocycles. The highest BCUT2D eigenvalue weighted by atomic mass is 35.5. The number of hydrogen-bond acceptors (Lipinski definition) is 2. The Kier molecular flexibility index (Phi) is 2.93. The maximum Gasteiger partial charge on any atom is 0.306 e. The van der Waals surface area contributed by atoms with E-state index in [9.17, 15) is 4.79 Å². The Hall–Kier alpha value is -1.03. The summed E-state index contributed by atoms with van der Waals surface area (Å²) in [7, 11) is 0. The molecule has 13 heavy (non-hydrogen) atoms. The summed E-state index contributed by atoms with van der Waals surface area (Å²) in [5.41, 5.74) is 2.17. The van der Waals surface area contributed by atoms with Gasteiger partial charge in [-0.25, -0.2) is 0 Å². The van der Waals surface area contributed by atoms with Gasteiger partial charge in [0.2, 0.25) is 0 Å². The van der Waals surface area contributed by atoms with Gasteiger partial charge in [-0.3, -0.25) is 9.89 Å². The molecule has 2 N–H and O–H groups in total. The second-order valence-electron chi connectivity index (χ2n) is 3.15. The van der Waals surface area contributed by atoms with Crippen LogP contribution in [0.25, 0.3) is 0 Å². The molecule has 72 valence electrons. The number of aryl methyl sites for hydroxylation is 1. The number of H-pyrrole nitrogens is 1. The van der Waals surface area contributed by atoms with Gasteiger partial charge in [0, 0.05) is 12.1 Å². The minimum Gasteiger partial charge on any atom is -0.481 e. The third-order valence-electron chi connectivity index (χ3n) is 2.37. The van der Waals surface area contributed by atoms with Crippen LogP contribution in [0.3, 0.4) is 0 Å². The Labute approximate surface area is 81.8 Å². The first-order valence-electron chi connectivity index (χ1n) is 4.01. The summed E-state index contributed by atoms with van der Waals surface area (Å²) < 4.78 is 0. The lowest BCUT2D eigenvalue weighted by Crippen LogP contribution is -2.21. The van der Waals surface area contributed by atoms with E-state index in [1.54, 1.807) is 6.20 Å². The third kappa shape index (κ3) is 1.83. The highest BCUT2D eigenvalue weighted by Crippen LogP contribution is 2.23. The summed E-state index contributed by atoms with van der Waals surface area (Å²) in [5, 5.41) is 15.5. The van der Waals surface area contributed by atoms with E-state index in [4.69, 9.17) is 5.11 Å². The van der Waals surface area contributed by atoms with Crippen LogP contribution in [0.15, 0.2) is 6.20 Å². The third-order valence-corrected chi connectivity index (χ3v) is 2.37. The first-order chi connectivity index (χ1) is 5.77. The van der Waals surface area contributed by atoms with Gasteiger partial charge in [-0.15, -0.1) is 12.4 Å². The summed E-state index contributed by atoms with van der Waals surface area (Å²) in [6.45, 7) is 0. The predicted octanol–water partition coefficient (Wildman–Crippen LogP) is 1.02. The molecule has 0 aromatic carbocycles. The molecule has 1 aromatic heterocycles. The van der Waals surface area contributed by atoms with E-state index in [-0.39, 0.29) is 18.3 Å². The van der Waals surface area contributed by atoms with Crippen molar-refractivity contribution >= 4 is 18.4 Å². The average molecular weight is 203 g/mol. The van der Waals surface area contributed by atoms with Gasteiger partial charge in [-0.1, -0.05) is 0 Å². The SMILES string of the molecule is Cl.O=C(O)C1CCc2cn[nH]c2C1. The largest absolute Gasteiger partial charge is 0.481 e. The van der Waals surface area contributed by atoms with Gasteiger partial charge in [0.05, 0.1) is 12.1 Å². The molecule has 2 rings (SSSR count). The van der Waals surface area contributed by atoms with Gasteiger partial charge in [0.1, 0.15) is 0 Å². The molecular formula is C8H11ClN2O2. The lowest BCUT2D eigenvalue weighted by molar-refractivity contribution is -0.142. The number of carbonyl (C=O) groups is 1. The van der Waals surface area contributed by atoms with Gasteiger partial charge in [-0.2, -0.15) is 5.10 Å². The molecule has 1 unspecified atom stereocenters. The standard InChI is InChI=1S/C8H10N2O2.ClH/c11-8(12)5-1-2-6-4-9-10-7(6)3-5;/h4-5H,1-3H2,(H,9,10)(H,11,12);1H. The van der Waals surface area contributed by atoms with Crippen molar-refractivity contribution in [3.05, 3.63) is 17.5 Å². The van der Waals surface area contributed by atoms with Crippen molar-refractivity contribution in [3.8, 4) is 0 Å². The van der Waals surface area contributed by atoms with Crippen LogP contribution < -0.4 is 0 Å². The topological polar surface area (TPSA) is 66.0 Å². The maximum atomic E-state index is 10.7. The van der Waals surface area contributed by atoms with Crippen molar-refractivity contribution in [3.63, 3.8) is 0 Å². The first kappa shape index (κ1) is 10.1. The van der Waals surface area contributed by atoms with Crippen LogP contribution in [0.5, 0.6) is 0 Å². The monoisotopic (exact) mass is 202 g/mol. The number of halogens is 1. The number of aromatic amines is 1. The molecule has 1 aliphatic rings. The molecule has 5 heteroatoms. The van der Waals surface area contributed by atoms with Crippen LogP contribution in [0.1, 0.15) is 17.7 Å². The van der Waals surface area contributed by atoms with Gasteiger partial charge >= 0.3 is 5.97 Å². The van der Waals surface area contributed by atoms with Crippen molar-refractivity contribution in [2.45, 2.75) is 19.3 Å². The molecule has 1 heterocycles. The van der Waals surface area contributed by atoms with E-state index in [1.807, 2.05) is 0 Å². The van der Waals surface area contributed by atoms with Crippen LogP contribution in [0, 0.1) is 5.92 Å².